The largest absolute Gasteiger partial charge is 0.332 e. The molecule has 2 aromatic carbocycles. The van der Waals surface area contributed by atoms with Crippen LogP contribution in [-0.2, 0) is 17.9 Å². The number of nitrogens with one attached hydrogen (secondary N) is 1. The predicted octanol–water partition coefficient (Wildman–Crippen LogP) is 4.18. The number of aromatic nitrogens is 2. The topological polar surface area (TPSA) is 73.1 Å². The molecule has 0 unspecified atom stereocenters. The quantitative estimate of drug-likeness (QED) is 0.492. The number of hydrogen-bond donors (Lipinski definition) is 1. The maximum absolute atomic E-state index is 13.2. The van der Waals surface area contributed by atoms with Crippen LogP contribution in [0.3, 0.4) is 0 Å². The Labute approximate surface area is 187 Å². The maximum Gasteiger partial charge on any atom is 0.332 e. The summed E-state index contributed by atoms with van der Waals surface area (Å²) < 4.78 is 2.98. The van der Waals surface area contributed by atoms with Gasteiger partial charge in [-0.05, 0) is 60.2 Å². The number of anilines is 1. The first-order chi connectivity index (χ1) is 14.8. The second kappa shape index (κ2) is 8.53. The van der Waals surface area contributed by atoms with Gasteiger partial charge in [0, 0.05) is 10.7 Å². The predicted molar refractivity (Wildman–Crippen MR) is 125 cm³/mol. The number of carbonyl (C=O) groups excluding carboxylic acids is 1. The molecule has 2 heterocycles. The molecular weight excluding hydrogens is 434 g/mol. The number of thiophene rings is 1. The van der Waals surface area contributed by atoms with Crippen molar-refractivity contribution >= 4 is 44.7 Å². The Bertz CT molecular complexity index is 1420. The van der Waals surface area contributed by atoms with Crippen LogP contribution in [0.1, 0.15) is 16.7 Å². The van der Waals surface area contributed by atoms with Crippen LogP contribution in [0, 0.1) is 13.8 Å². The molecule has 1 amide bonds. The number of amides is 1. The van der Waals surface area contributed by atoms with Gasteiger partial charge in [-0.3, -0.25) is 18.7 Å². The Morgan fingerprint density at radius 3 is 2.58 bits per heavy atom. The molecule has 0 fully saturated rings. The first kappa shape index (κ1) is 21.1. The number of benzene rings is 2. The summed E-state index contributed by atoms with van der Waals surface area (Å²) >= 11 is 7.23. The van der Waals surface area contributed by atoms with E-state index in [4.69, 9.17) is 11.6 Å². The number of carbonyl (C=O) groups is 1. The molecule has 4 rings (SSSR count). The molecule has 0 aliphatic rings. The third kappa shape index (κ3) is 4.33. The minimum Gasteiger partial charge on any atom is -0.324 e. The standard InChI is InChI=1S/C23H20ClN3O3S/c1-14-6-7-16(10-15(14)2)12-27-22(29)21-19(8-9-31-21)26(23(27)30)13-20(28)25-18-5-3-4-17(24)11-18/h3-11H,12-13H2,1-2H3,(H,25,28). The molecule has 0 spiro atoms. The lowest BCUT2D eigenvalue weighted by atomic mass is 10.1. The highest BCUT2D eigenvalue weighted by molar-refractivity contribution is 7.17. The molecule has 0 aliphatic heterocycles. The van der Waals surface area contributed by atoms with E-state index in [1.54, 1.807) is 35.7 Å². The Hall–Kier alpha value is -3.16. The molecule has 4 aromatic rings. The van der Waals surface area contributed by atoms with Crippen molar-refractivity contribution in [3.05, 3.63) is 96.5 Å². The summed E-state index contributed by atoms with van der Waals surface area (Å²) in [6.07, 6.45) is 0. The van der Waals surface area contributed by atoms with Gasteiger partial charge in [-0.1, -0.05) is 35.9 Å². The SMILES string of the molecule is Cc1ccc(Cn2c(=O)c3sccc3n(CC(=O)Nc3cccc(Cl)c3)c2=O)cc1C. The molecular formula is C23H20ClN3O3S. The van der Waals surface area contributed by atoms with Gasteiger partial charge in [0.25, 0.3) is 5.56 Å². The van der Waals surface area contributed by atoms with Crippen LogP contribution in [0.5, 0.6) is 0 Å². The summed E-state index contributed by atoms with van der Waals surface area (Å²) in [6.45, 7) is 3.92. The lowest BCUT2D eigenvalue weighted by molar-refractivity contribution is -0.116. The average Bonchev–Trinajstić information content (AvgIpc) is 3.21. The van der Waals surface area contributed by atoms with Crippen molar-refractivity contribution in [2.75, 3.05) is 5.32 Å². The molecule has 8 heteroatoms. The van der Waals surface area contributed by atoms with Crippen LogP contribution in [-0.4, -0.2) is 15.0 Å². The van der Waals surface area contributed by atoms with Crippen molar-refractivity contribution < 1.29 is 4.79 Å². The Morgan fingerprint density at radius 1 is 1.03 bits per heavy atom. The molecule has 158 valence electrons. The Morgan fingerprint density at radius 2 is 1.84 bits per heavy atom. The van der Waals surface area contributed by atoms with Crippen LogP contribution in [0.4, 0.5) is 5.69 Å². The molecule has 0 atom stereocenters. The highest BCUT2D eigenvalue weighted by Gasteiger charge is 2.17. The molecule has 2 aromatic heterocycles. The summed E-state index contributed by atoms with van der Waals surface area (Å²) in [5.41, 5.74) is 3.21. The summed E-state index contributed by atoms with van der Waals surface area (Å²) in [6, 6.07) is 14.3. The van der Waals surface area contributed by atoms with E-state index >= 15 is 0 Å². The molecule has 0 saturated carbocycles. The van der Waals surface area contributed by atoms with E-state index in [9.17, 15) is 14.4 Å². The van der Waals surface area contributed by atoms with Gasteiger partial charge in [-0.2, -0.15) is 0 Å². The van der Waals surface area contributed by atoms with E-state index in [1.807, 2.05) is 32.0 Å². The number of nitrogens with zero attached hydrogens (tertiary/aromatic N) is 2. The van der Waals surface area contributed by atoms with Gasteiger partial charge in [0.1, 0.15) is 11.2 Å². The van der Waals surface area contributed by atoms with Crippen molar-refractivity contribution in [3.63, 3.8) is 0 Å². The van der Waals surface area contributed by atoms with Gasteiger partial charge >= 0.3 is 5.69 Å². The van der Waals surface area contributed by atoms with Gasteiger partial charge in [0.15, 0.2) is 0 Å². The lowest BCUT2D eigenvalue weighted by Gasteiger charge is -2.13. The molecule has 1 N–H and O–H groups in total. The average molecular weight is 454 g/mol. The fourth-order valence-corrected chi connectivity index (χ4v) is 4.45. The van der Waals surface area contributed by atoms with Crippen molar-refractivity contribution in [3.8, 4) is 0 Å². The lowest BCUT2D eigenvalue weighted by Crippen LogP contribution is -2.41. The third-order valence-electron chi connectivity index (χ3n) is 5.16. The first-order valence-corrected chi connectivity index (χ1v) is 10.9. The zero-order valence-corrected chi connectivity index (χ0v) is 18.6. The van der Waals surface area contributed by atoms with Gasteiger partial charge in [-0.15, -0.1) is 11.3 Å². The molecule has 0 aliphatic carbocycles. The van der Waals surface area contributed by atoms with Gasteiger partial charge in [0.2, 0.25) is 5.91 Å². The monoisotopic (exact) mass is 453 g/mol. The normalized spacial score (nSPS) is 11.1. The first-order valence-electron chi connectivity index (χ1n) is 9.66. The maximum atomic E-state index is 13.2. The van der Waals surface area contributed by atoms with Crippen molar-refractivity contribution in [2.45, 2.75) is 26.9 Å². The summed E-state index contributed by atoms with van der Waals surface area (Å²) in [5.74, 6) is -0.381. The molecule has 31 heavy (non-hydrogen) atoms. The molecule has 0 bridgehead atoms. The zero-order valence-electron chi connectivity index (χ0n) is 17.0. The van der Waals surface area contributed by atoms with E-state index in [-0.39, 0.29) is 24.6 Å². The van der Waals surface area contributed by atoms with Gasteiger partial charge in [0.05, 0.1) is 12.1 Å². The number of rotatable bonds is 5. The molecule has 0 radical (unpaired) electrons. The molecule has 0 saturated heterocycles. The van der Waals surface area contributed by atoms with Crippen molar-refractivity contribution in [1.82, 2.24) is 9.13 Å². The van der Waals surface area contributed by atoms with E-state index in [0.29, 0.717) is 20.9 Å². The zero-order chi connectivity index (χ0) is 22.1. The number of hydrogen-bond acceptors (Lipinski definition) is 4. The minimum absolute atomic E-state index is 0.141. The third-order valence-corrected chi connectivity index (χ3v) is 6.29. The second-order valence-corrected chi connectivity index (χ2v) is 8.72. The minimum atomic E-state index is -0.518. The summed E-state index contributed by atoms with van der Waals surface area (Å²) in [7, 11) is 0. The highest BCUT2D eigenvalue weighted by Crippen LogP contribution is 2.18. The smallest absolute Gasteiger partial charge is 0.324 e. The van der Waals surface area contributed by atoms with E-state index < -0.39 is 5.69 Å². The highest BCUT2D eigenvalue weighted by atomic mass is 35.5. The van der Waals surface area contributed by atoms with Crippen LogP contribution in [0.2, 0.25) is 5.02 Å². The summed E-state index contributed by atoms with van der Waals surface area (Å²) in [4.78, 5) is 38.9. The Kier molecular flexibility index (Phi) is 5.80. The van der Waals surface area contributed by atoms with E-state index in [1.165, 1.54) is 20.5 Å². The van der Waals surface area contributed by atoms with Gasteiger partial charge in [-0.25, -0.2) is 4.79 Å². The van der Waals surface area contributed by atoms with Gasteiger partial charge < -0.3 is 5.32 Å². The number of fused-ring (bicyclic) bond motifs is 1. The number of aryl methyl sites for hydroxylation is 2. The fourth-order valence-electron chi connectivity index (χ4n) is 3.42. The number of halogens is 1. The van der Waals surface area contributed by atoms with E-state index in [2.05, 4.69) is 5.32 Å². The fraction of sp³-hybridized carbons (Fsp3) is 0.174. The van der Waals surface area contributed by atoms with Crippen LogP contribution >= 0.6 is 22.9 Å². The summed E-state index contributed by atoms with van der Waals surface area (Å²) in [5, 5.41) is 4.99. The second-order valence-electron chi connectivity index (χ2n) is 7.37. The van der Waals surface area contributed by atoms with Crippen molar-refractivity contribution in [2.24, 2.45) is 0 Å². The molecule has 6 nitrogen and oxygen atoms in total. The van der Waals surface area contributed by atoms with Crippen LogP contribution in [0.15, 0.2) is 63.5 Å². The van der Waals surface area contributed by atoms with E-state index in [0.717, 1.165) is 16.7 Å². The Balaban J connectivity index is 1.72. The van der Waals surface area contributed by atoms with Crippen LogP contribution < -0.4 is 16.6 Å². The van der Waals surface area contributed by atoms with Crippen molar-refractivity contribution in [1.29, 1.82) is 0 Å². The van der Waals surface area contributed by atoms with Crippen LogP contribution in [0.25, 0.3) is 10.2 Å².